The fourth-order valence-electron chi connectivity index (χ4n) is 3.62. The minimum absolute atomic E-state index is 0.168. The van der Waals surface area contributed by atoms with Gasteiger partial charge in [0.15, 0.2) is 0 Å². The van der Waals surface area contributed by atoms with Crippen molar-refractivity contribution in [2.24, 2.45) is 0 Å². The lowest BCUT2D eigenvalue weighted by Crippen LogP contribution is -2.37. The van der Waals surface area contributed by atoms with Gasteiger partial charge in [0.2, 0.25) is 0 Å². The van der Waals surface area contributed by atoms with E-state index in [-0.39, 0.29) is 10.7 Å². The standard InChI is InChI=1S/C20H13BrF3N5OS/c1-8-6-12(20(22,23)24)26-19-13(8)15-16(31-19)18(30)28-17(27-15)11-7-25-29-14(11)9-2-4-10(21)5-3-9/h2-7,17,27H,1H3,(H,25,29)(H,28,30)/t17-/m0/s1. The summed E-state index contributed by atoms with van der Waals surface area (Å²) in [5.74, 6) is -0.377. The quantitative estimate of drug-likeness (QED) is 0.328. The number of hydrogen-bond donors (Lipinski definition) is 3. The van der Waals surface area contributed by atoms with E-state index >= 15 is 0 Å². The lowest BCUT2D eigenvalue weighted by Gasteiger charge is -2.26. The highest BCUT2D eigenvalue weighted by Crippen LogP contribution is 2.43. The Hall–Kier alpha value is -2.92. The van der Waals surface area contributed by atoms with Crippen LogP contribution in [0.2, 0.25) is 0 Å². The molecule has 1 atom stereocenters. The number of nitrogens with one attached hydrogen (secondary N) is 3. The van der Waals surface area contributed by atoms with Gasteiger partial charge in [-0.1, -0.05) is 28.1 Å². The summed E-state index contributed by atoms with van der Waals surface area (Å²) in [5, 5.41) is 13.7. The third kappa shape index (κ3) is 3.37. The number of carbonyl (C=O) groups is 1. The molecule has 6 nitrogen and oxygen atoms in total. The molecule has 0 radical (unpaired) electrons. The number of benzene rings is 1. The van der Waals surface area contributed by atoms with Gasteiger partial charge in [-0.15, -0.1) is 11.3 Å². The van der Waals surface area contributed by atoms with E-state index in [0.717, 1.165) is 33.1 Å². The van der Waals surface area contributed by atoms with Crippen LogP contribution in [-0.2, 0) is 6.18 Å². The molecule has 3 N–H and O–H groups in total. The summed E-state index contributed by atoms with van der Waals surface area (Å²) in [5.41, 5.74) is 2.22. The number of pyridine rings is 1. The molecule has 31 heavy (non-hydrogen) atoms. The van der Waals surface area contributed by atoms with Gasteiger partial charge in [0.25, 0.3) is 5.91 Å². The molecule has 0 saturated heterocycles. The van der Waals surface area contributed by atoms with Crippen molar-refractivity contribution in [3.63, 3.8) is 0 Å². The average molecular weight is 508 g/mol. The van der Waals surface area contributed by atoms with Crippen LogP contribution in [0.25, 0.3) is 21.5 Å². The third-order valence-electron chi connectivity index (χ3n) is 5.03. The van der Waals surface area contributed by atoms with E-state index in [2.05, 4.69) is 41.7 Å². The van der Waals surface area contributed by atoms with Crippen LogP contribution in [0.3, 0.4) is 0 Å². The van der Waals surface area contributed by atoms with Gasteiger partial charge in [0.05, 0.1) is 17.6 Å². The largest absolute Gasteiger partial charge is 0.433 e. The zero-order chi connectivity index (χ0) is 21.9. The van der Waals surface area contributed by atoms with Crippen LogP contribution in [0, 0.1) is 6.92 Å². The number of aromatic nitrogens is 3. The fourth-order valence-corrected chi connectivity index (χ4v) is 5.00. The molecule has 0 bridgehead atoms. The van der Waals surface area contributed by atoms with Crippen LogP contribution < -0.4 is 10.6 Å². The normalized spacial score (nSPS) is 16.2. The van der Waals surface area contributed by atoms with Gasteiger partial charge in [-0.3, -0.25) is 9.89 Å². The van der Waals surface area contributed by atoms with Crippen LogP contribution in [0.15, 0.2) is 41.0 Å². The van der Waals surface area contributed by atoms with E-state index < -0.39 is 18.0 Å². The van der Waals surface area contributed by atoms with Crippen LogP contribution >= 0.6 is 27.3 Å². The Morgan fingerprint density at radius 1 is 1.16 bits per heavy atom. The summed E-state index contributed by atoms with van der Waals surface area (Å²) in [6.07, 6.45) is -3.56. The highest BCUT2D eigenvalue weighted by Gasteiger charge is 2.36. The van der Waals surface area contributed by atoms with Crippen molar-refractivity contribution in [2.75, 3.05) is 5.32 Å². The molecular weight excluding hydrogens is 495 g/mol. The lowest BCUT2D eigenvalue weighted by atomic mass is 10.0. The fraction of sp³-hybridized carbons (Fsp3) is 0.150. The lowest BCUT2D eigenvalue weighted by molar-refractivity contribution is -0.141. The van der Waals surface area contributed by atoms with Crippen molar-refractivity contribution >= 4 is 49.1 Å². The third-order valence-corrected chi connectivity index (χ3v) is 6.64. The zero-order valence-corrected chi connectivity index (χ0v) is 18.2. The number of H-pyrrole nitrogens is 1. The maximum Gasteiger partial charge on any atom is 0.433 e. The Kier molecular flexibility index (Phi) is 4.56. The molecule has 11 heteroatoms. The molecule has 3 aromatic heterocycles. The van der Waals surface area contributed by atoms with Crippen molar-refractivity contribution in [3.05, 3.63) is 62.7 Å². The number of thiophene rings is 1. The molecule has 0 fully saturated rings. The Labute approximate surface area is 186 Å². The number of aryl methyl sites for hydroxylation is 1. The number of hydrogen-bond acceptors (Lipinski definition) is 5. The summed E-state index contributed by atoms with van der Waals surface area (Å²) in [7, 11) is 0. The summed E-state index contributed by atoms with van der Waals surface area (Å²) in [6.45, 7) is 1.58. The minimum atomic E-state index is -4.56. The van der Waals surface area contributed by atoms with E-state index in [0.29, 0.717) is 27.1 Å². The first kappa shape index (κ1) is 20.0. The van der Waals surface area contributed by atoms with Crippen molar-refractivity contribution in [1.29, 1.82) is 0 Å². The average Bonchev–Trinajstić information content (AvgIpc) is 3.33. The molecule has 1 aliphatic heterocycles. The highest BCUT2D eigenvalue weighted by molar-refractivity contribution is 9.10. The SMILES string of the molecule is Cc1cc(C(F)(F)F)nc2sc3c(c12)N[C@H](c1cn[nH]c1-c1ccc(Br)cc1)NC3=O. The van der Waals surface area contributed by atoms with Crippen LogP contribution in [0.4, 0.5) is 18.9 Å². The molecule has 0 aliphatic carbocycles. The number of alkyl halides is 3. The van der Waals surface area contributed by atoms with Gasteiger partial charge < -0.3 is 10.6 Å². The molecule has 0 unspecified atom stereocenters. The Morgan fingerprint density at radius 2 is 1.90 bits per heavy atom. The topological polar surface area (TPSA) is 82.7 Å². The minimum Gasteiger partial charge on any atom is -0.360 e. The Balaban J connectivity index is 1.59. The molecule has 1 amide bonds. The number of anilines is 1. The maximum atomic E-state index is 13.2. The smallest absolute Gasteiger partial charge is 0.360 e. The van der Waals surface area contributed by atoms with Crippen LogP contribution in [0.5, 0.6) is 0 Å². The molecule has 0 spiro atoms. The number of nitrogens with zero attached hydrogens (tertiary/aromatic N) is 2. The first-order valence-electron chi connectivity index (χ1n) is 9.10. The monoisotopic (exact) mass is 507 g/mol. The van der Waals surface area contributed by atoms with E-state index in [1.165, 1.54) is 0 Å². The first-order chi connectivity index (χ1) is 14.7. The van der Waals surface area contributed by atoms with Gasteiger partial charge in [-0.05, 0) is 30.7 Å². The van der Waals surface area contributed by atoms with Crippen LogP contribution in [-0.4, -0.2) is 21.1 Å². The summed E-state index contributed by atoms with van der Waals surface area (Å²) >= 11 is 4.34. The van der Waals surface area contributed by atoms with Gasteiger partial charge in [0, 0.05) is 21.0 Å². The molecule has 0 saturated carbocycles. The molecule has 4 aromatic rings. The van der Waals surface area contributed by atoms with Gasteiger partial charge in [-0.2, -0.15) is 18.3 Å². The molecule has 1 aliphatic rings. The summed E-state index contributed by atoms with van der Waals surface area (Å²) < 4.78 is 40.4. The van der Waals surface area contributed by atoms with Crippen molar-refractivity contribution in [1.82, 2.24) is 20.5 Å². The van der Waals surface area contributed by atoms with Gasteiger partial charge >= 0.3 is 6.18 Å². The number of fused-ring (bicyclic) bond motifs is 3. The van der Waals surface area contributed by atoms with Gasteiger partial charge in [-0.25, -0.2) is 4.98 Å². The van der Waals surface area contributed by atoms with Crippen molar-refractivity contribution in [3.8, 4) is 11.3 Å². The first-order valence-corrected chi connectivity index (χ1v) is 10.7. The predicted octanol–water partition coefficient (Wildman–Crippen LogP) is 5.63. The van der Waals surface area contributed by atoms with E-state index in [9.17, 15) is 18.0 Å². The second-order valence-electron chi connectivity index (χ2n) is 7.07. The van der Waals surface area contributed by atoms with Crippen molar-refractivity contribution in [2.45, 2.75) is 19.3 Å². The predicted molar refractivity (Wildman–Crippen MR) is 115 cm³/mol. The second kappa shape index (κ2) is 7.06. The molecule has 158 valence electrons. The number of rotatable bonds is 2. The summed E-state index contributed by atoms with van der Waals surface area (Å²) in [6, 6.07) is 8.60. The maximum absolute atomic E-state index is 13.2. The number of halogens is 4. The molecular formula is C20H13BrF3N5OS. The molecule has 5 rings (SSSR count). The number of carbonyl (C=O) groups excluding carboxylic acids is 1. The van der Waals surface area contributed by atoms with E-state index in [1.807, 2.05) is 24.3 Å². The summed E-state index contributed by atoms with van der Waals surface area (Å²) in [4.78, 5) is 17.0. The number of aromatic amines is 1. The van der Waals surface area contributed by atoms with Crippen molar-refractivity contribution < 1.29 is 18.0 Å². The molecule has 4 heterocycles. The van der Waals surface area contributed by atoms with Gasteiger partial charge in [0.1, 0.15) is 21.6 Å². The Bertz CT molecular complexity index is 1330. The second-order valence-corrected chi connectivity index (χ2v) is 8.98. The Morgan fingerprint density at radius 3 is 2.61 bits per heavy atom. The van der Waals surface area contributed by atoms with E-state index in [4.69, 9.17) is 0 Å². The number of amides is 1. The van der Waals surface area contributed by atoms with E-state index in [1.54, 1.807) is 13.1 Å². The zero-order valence-electron chi connectivity index (χ0n) is 15.8. The molecule has 1 aromatic carbocycles. The van der Waals surface area contributed by atoms with Crippen LogP contribution in [0.1, 0.15) is 32.7 Å². The highest BCUT2D eigenvalue weighted by atomic mass is 79.9.